The van der Waals surface area contributed by atoms with Gasteiger partial charge >= 0.3 is 0 Å². The lowest BCUT2D eigenvalue weighted by Gasteiger charge is -2.27. The van der Waals surface area contributed by atoms with Crippen LogP contribution in [0.15, 0.2) is 36.5 Å². The molecule has 1 aliphatic heterocycles. The van der Waals surface area contributed by atoms with E-state index < -0.39 is 0 Å². The number of carbonyl (C=O) groups excluding carboxylic acids is 1. The third kappa shape index (κ3) is 3.33. The molecule has 0 radical (unpaired) electrons. The molecule has 0 fully saturated rings. The topological polar surface area (TPSA) is 73.1 Å². The van der Waals surface area contributed by atoms with E-state index in [4.69, 9.17) is 16.3 Å². The van der Waals surface area contributed by atoms with Gasteiger partial charge in [0, 0.05) is 12.6 Å². The van der Waals surface area contributed by atoms with Crippen LogP contribution in [0.25, 0.3) is 5.69 Å². The fourth-order valence-corrected chi connectivity index (χ4v) is 3.38. The van der Waals surface area contributed by atoms with Crippen molar-refractivity contribution in [3.63, 3.8) is 0 Å². The molecule has 3 aromatic rings. The molecular weight excluding hydrogens is 378 g/mol. The van der Waals surface area contributed by atoms with Crippen molar-refractivity contribution >= 4 is 23.2 Å². The number of rotatable bonds is 4. The molecule has 0 unspecified atom stereocenters. The van der Waals surface area contributed by atoms with Crippen LogP contribution in [-0.2, 0) is 6.42 Å². The molecule has 1 aliphatic rings. The predicted molar refractivity (Wildman–Crippen MR) is 107 cm³/mol. The van der Waals surface area contributed by atoms with E-state index in [9.17, 15) is 4.79 Å². The second kappa shape index (κ2) is 7.59. The fraction of sp³-hybridized carbons (Fsp3) is 0.300. The summed E-state index contributed by atoms with van der Waals surface area (Å²) in [6.07, 6.45) is 3.28. The first-order valence-electron chi connectivity index (χ1n) is 9.20. The second-order valence-corrected chi connectivity index (χ2v) is 7.01. The molecule has 0 atom stereocenters. The van der Waals surface area contributed by atoms with Crippen molar-refractivity contribution in [2.75, 3.05) is 18.1 Å². The van der Waals surface area contributed by atoms with Crippen molar-refractivity contribution in [2.24, 2.45) is 0 Å². The van der Waals surface area contributed by atoms with Crippen LogP contribution in [0.4, 0.5) is 5.69 Å². The highest BCUT2D eigenvalue weighted by Gasteiger charge is 2.29. The Bertz CT molecular complexity index is 1030. The Kier molecular flexibility index (Phi) is 5.00. The van der Waals surface area contributed by atoms with Gasteiger partial charge in [-0.15, -0.1) is 5.10 Å². The van der Waals surface area contributed by atoms with E-state index >= 15 is 0 Å². The summed E-state index contributed by atoms with van der Waals surface area (Å²) in [6.45, 7) is 4.77. The van der Waals surface area contributed by atoms with Crippen molar-refractivity contribution in [3.8, 4) is 11.6 Å². The smallest absolute Gasteiger partial charge is 0.298 e. The normalized spacial score (nSPS) is 13.2. The van der Waals surface area contributed by atoms with Crippen molar-refractivity contribution in [3.05, 3.63) is 58.8 Å². The number of hydrogen-bond acceptors (Lipinski definition) is 5. The minimum Gasteiger partial charge on any atom is -0.474 e. The Morgan fingerprint density at radius 1 is 1.29 bits per heavy atom. The number of halogens is 1. The number of anilines is 1. The van der Waals surface area contributed by atoms with E-state index in [0.29, 0.717) is 47.7 Å². The number of aryl methyl sites for hydroxylation is 2. The van der Waals surface area contributed by atoms with Crippen LogP contribution in [0.5, 0.6) is 5.88 Å². The SMILES string of the molecule is CCCc1nc(C(=O)N2CCOc3ncc(C)cc32)nn1-c1ccccc1Cl. The number of fused-ring (bicyclic) bond motifs is 1. The molecule has 2 aromatic heterocycles. The molecule has 0 spiro atoms. The van der Waals surface area contributed by atoms with E-state index in [1.54, 1.807) is 21.8 Å². The lowest BCUT2D eigenvalue weighted by molar-refractivity contribution is 0.0965. The van der Waals surface area contributed by atoms with Gasteiger partial charge in [-0.05, 0) is 37.1 Å². The zero-order valence-electron chi connectivity index (χ0n) is 15.7. The maximum atomic E-state index is 13.2. The van der Waals surface area contributed by atoms with Gasteiger partial charge in [0.05, 0.1) is 17.3 Å². The molecule has 0 saturated heterocycles. The maximum Gasteiger partial charge on any atom is 0.298 e. The highest BCUT2D eigenvalue weighted by molar-refractivity contribution is 6.32. The molecule has 8 heteroatoms. The number of benzene rings is 1. The Morgan fingerprint density at radius 2 is 2.11 bits per heavy atom. The minimum absolute atomic E-state index is 0.137. The molecule has 4 rings (SSSR count). The summed E-state index contributed by atoms with van der Waals surface area (Å²) in [6, 6.07) is 9.28. The first-order valence-corrected chi connectivity index (χ1v) is 9.58. The van der Waals surface area contributed by atoms with E-state index in [-0.39, 0.29) is 11.7 Å². The van der Waals surface area contributed by atoms with Gasteiger partial charge in [-0.1, -0.05) is 30.7 Å². The highest BCUT2D eigenvalue weighted by atomic mass is 35.5. The number of ether oxygens (including phenoxy) is 1. The van der Waals surface area contributed by atoms with Gasteiger partial charge in [-0.25, -0.2) is 14.6 Å². The Morgan fingerprint density at radius 3 is 2.89 bits per heavy atom. The number of carbonyl (C=O) groups is 1. The third-order valence-electron chi connectivity index (χ3n) is 4.48. The zero-order chi connectivity index (χ0) is 19.7. The zero-order valence-corrected chi connectivity index (χ0v) is 16.5. The van der Waals surface area contributed by atoms with E-state index in [2.05, 4.69) is 22.0 Å². The minimum atomic E-state index is -0.278. The van der Waals surface area contributed by atoms with Crippen molar-refractivity contribution < 1.29 is 9.53 Å². The van der Waals surface area contributed by atoms with Crippen molar-refractivity contribution in [2.45, 2.75) is 26.7 Å². The molecule has 144 valence electrons. The van der Waals surface area contributed by atoms with Crippen LogP contribution in [0.1, 0.15) is 35.4 Å². The lowest BCUT2D eigenvalue weighted by Crippen LogP contribution is -2.39. The summed E-state index contributed by atoms with van der Waals surface area (Å²) in [5.41, 5.74) is 2.30. The average Bonchev–Trinajstić information content (AvgIpc) is 3.11. The van der Waals surface area contributed by atoms with Gasteiger partial charge in [0.15, 0.2) is 0 Å². The average molecular weight is 398 g/mol. The summed E-state index contributed by atoms with van der Waals surface area (Å²) < 4.78 is 7.24. The van der Waals surface area contributed by atoms with Gasteiger partial charge < -0.3 is 4.74 Å². The molecule has 1 amide bonds. The predicted octanol–water partition coefficient (Wildman–Crippen LogP) is 3.62. The quantitative estimate of drug-likeness (QED) is 0.672. The molecule has 7 nitrogen and oxygen atoms in total. The number of nitrogens with zero attached hydrogens (tertiary/aromatic N) is 5. The number of amides is 1. The van der Waals surface area contributed by atoms with Gasteiger partial charge in [0.2, 0.25) is 11.7 Å². The van der Waals surface area contributed by atoms with Gasteiger partial charge in [-0.2, -0.15) is 0 Å². The highest BCUT2D eigenvalue weighted by Crippen LogP contribution is 2.31. The van der Waals surface area contributed by atoms with Crippen LogP contribution in [0, 0.1) is 6.92 Å². The van der Waals surface area contributed by atoms with Gasteiger partial charge in [0.1, 0.15) is 18.1 Å². The first kappa shape index (κ1) is 18.4. The monoisotopic (exact) mass is 397 g/mol. The first-order chi connectivity index (χ1) is 13.6. The van der Waals surface area contributed by atoms with E-state index in [0.717, 1.165) is 12.0 Å². The summed E-state index contributed by atoms with van der Waals surface area (Å²) in [5, 5.41) is 5.05. The fourth-order valence-electron chi connectivity index (χ4n) is 3.17. The molecule has 1 aromatic carbocycles. The molecule has 0 N–H and O–H groups in total. The Balaban J connectivity index is 1.75. The number of pyridine rings is 1. The van der Waals surface area contributed by atoms with Crippen LogP contribution in [-0.4, -0.2) is 38.8 Å². The number of aromatic nitrogens is 4. The standard InChI is InChI=1S/C20H20ClN5O2/c1-3-6-17-23-18(24-26(17)15-8-5-4-7-14(15)21)20(27)25-9-10-28-19-16(25)11-13(2)12-22-19/h4-5,7-8,11-12H,3,6,9-10H2,1-2H3. The largest absolute Gasteiger partial charge is 0.474 e. The number of para-hydroxylation sites is 1. The second-order valence-electron chi connectivity index (χ2n) is 6.61. The van der Waals surface area contributed by atoms with Gasteiger partial charge in [0.25, 0.3) is 5.91 Å². The molecule has 0 saturated carbocycles. The molecular formula is C20H20ClN5O2. The molecule has 28 heavy (non-hydrogen) atoms. The van der Waals surface area contributed by atoms with Crippen LogP contribution in [0.3, 0.4) is 0 Å². The molecule has 0 bridgehead atoms. The maximum absolute atomic E-state index is 13.2. The van der Waals surface area contributed by atoms with Crippen LogP contribution < -0.4 is 9.64 Å². The molecule has 0 aliphatic carbocycles. The van der Waals surface area contributed by atoms with E-state index in [1.807, 2.05) is 31.2 Å². The van der Waals surface area contributed by atoms with Crippen molar-refractivity contribution in [1.29, 1.82) is 0 Å². The van der Waals surface area contributed by atoms with Crippen LogP contribution >= 0.6 is 11.6 Å². The van der Waals surface area contributed by atoms with Crippen molar-refractivity contribution in [1.82, 2.24) is 19.7 Å². The summed E-state index contributed by atoms with van der Waals surface area (Å²) >= 11 is 6.34. The summed E-state index contributed by atoms with van der Waals surface area (Å²) in [4.78, 5) is 23.7. The lowest BCUT2D eigenvalue weighted by atomic mass is 10.2. The van der Waals surface area contributed by atoms with Gasteiger partial charge in [-0.3, -0.25) is 9.69 Å². The summed E-state index contributed by atoms with van der Waals surface area (Å²) in [5.74, 6) is 1.01. The molecule has 3 heterocycles. The van der Waals surface area contributed by atoms with E-state index in [1.165, 1.54) is 0 Å². The Labute approximate surface area is 167 Å². The third-order valence-corrected chi connectivity index (χ3v) is 4.80. The summed E-state index contributed by atoms with van der Waals surface area (Å²) in [7, 11) is 0. The number of hydrogen-bond donors (Lipinski definition) is 0. The van der Waals surface area contributed by atoms with Crippen LogP contribution in [0.2, 0.25) is 5.02 Å². The Hall–Kier alpha value is -2.93.